The lowest BCUT2D eigenvalue weighted by Gasteiger charge is -2.36. The molecule has 1 fully saturated rings. The van der Waals surface area contributed by atoms with Crippen LogP contribution < -0.4 is 4.90 Å². The van der Waals surface area contributed by atoms with Crippen LogP contribution in [-0.2, 0) is 12.7 Å². The quantitative estimate of drug-likeness (QED) is 0.340. The molecule has 1 aliphatic rings. The molecule has 1 saturated heterocycles. The van der Waals surface area contributed by atoms with Crippen molar-refractivity contribution in [3.8, 4) is 11.3 Å². The molecule has 0 radical (unpaired) electrons. The Labute approximate surface area is 200 Å². The van der Waals surface area contributed by atoms with Crippen molar-refractivity contribution in [2.45, 2.75) is 12.7 Å². The lowest BCUT2D eigenvalue weighted by molar-refractivity contribution is -0.384. The van der Waals surface area contributed by atoms with Crippen molar-refractivity contribution in [1.82, 2.24) is 15.0 Å². The number of nitrogens with zero attached hydrogens (tertiary/aromatic N) is 5. The summed E-state index contributed by atoms with van der Waals surface area (Å²) in [6.45, 7) is 4.89. The number of likely N-dealkylation sites (N-methyl/N-ethyl adjacent to an activating group) is 1. The highest BCUT2D eigenvalue weighted by Gasteiger charge is 2.31. The van der Waals surface area contributed by atoms with E-state index in [0.29, 0.717) is 42.3 Å². The van der Waals surface area contributed by atoms with E-state index in [-0.39, 0.29) is 5.69 Å². The fourth-order valence-electron chi connectivity index (χ4n) is 4.13. The Bertz CT molecular complexity index is 1160. The van der Waals surface area contributed by atoms with Crippen molar-refractivity contribution in [3.05, 3.63) is 76.0 Å². The maximum atomic E-state index is 13.0. The van der Waals surface area contributed by atoms with Crippen LogP contribution in [0.4, 0.5) is 24.5 Å². The summed E-state index contributed by atoms with van der Waals surface area (Å²) in [5, 5.41) is 15.3. The molecule has 0 unspecified atom stereocenters. The van der Waals surface area contributed by atoms with E-state index in [1.54, 1.807) is 30.3 Å². The number of nitro benzene ring substituents is 1. The van der Waals surface area contributed by atoms with Crippen molar-refractivity contribution in [2.75, 3.05) is 51.2 Å². The standard InChI is InChI=1S/C24H26F3N5O3/c1-29(17-20-16-22(28-35-20)21-7-2-3-8-23(21)32(33)34)9-10-30-11-13-31(14-12-30)19-6-4-5-18(15-19)24(25,26)27/h2-8,15-16H,9-14,17H2,1H3. The first-order chi connectivity index (χ1) is 16.7. The number of nitro groups is 1. The largest absolute Gasteiger partial charge is 0.416 e. The molecule has 3 aromatic rings. The van der Waals surface area contributed by atoms with E-state index in [4.69, 9.17) is 4.52 Å². The van der Waals surface area contributed by atoms with E-state index in [9.17, 15) is 23.3 Å². The first-order valence-electron chi connectivity index (χ1n) is 11.2. The van der Waals surface area contributed by atoms with Crippen LogP contribution in [0.15, 0.2) is 59.1 Å². The van der Waals surface area contributed by atoms with Crippen molar-refractivity contribution in [1.29, 1.82) is 0 Å². The lowest BCUT2D eigenvalue weighted by atomic mass is 10.1. The number of benzene rings is 2. The number of anilines is 1. The summed E-state index contributed by atoms with van der Waals surface area (Å²) in [7, 11) is 1.95. The Morgan fingerprint density at radius 1 is 1.09 bits per heavy atom. The lowest BCUT2D eigenvalue weighted by Crippen LogP contribution is -2.48. The van der Waals surface area contributed by atoms with Crippen molar-refractivity contribution in [2.24, 2.45) is 0 Å². The van der Waals surface area contributed by atoms with Gasteiger partial charge in [-0.1, -0.05) is 23.4 Å². The van der Waals surface area contributed by atoms with Gasteiger partial charge in [-0.2, -0.15) is 13.2 Å². The number of aromatic nitrogens is 1. The van der Waals surface area contributed by atoms with Crippen LogP contribution in [0.2, 0.25) is 0 Å². The van der Waals surface area contributed by atoms with Crippen LogP contribution in [0.3, 0.4) is 0 Å². The third kappa shape index (κ3) is 6.17. The summed E-state index contributed by atoms with van der Waals surface area (Å²) in [6, 6.07) is 13.6. The molecule has 1 aromatic heterocycles. The van der Waals surface area contributed by atoms with Gasteiger partial charge in [0.15, 0.2) is 5.76 Å². The second-order valence-electron chi connectivity index (χ2n) is 8.57. The average molecular weight is 489 g/mol. The molecule has 0 amide bonds. The predicted octanol–water partition coefficient (Wildman–Crippen LogP) is 4.52. The Balaban J connectivity index is 1.26. The number of halogens is 3. The molecular weight excluding hydrogens is 463 g/mol. The Kier molecular flexibility index (Phi) is 7.37. The van der Waals surface area contributed by atoms with Gasteiger partial charge in [-0.15, -0.1) is 0 Å². The molecule has 1 aliphatic heterocycles. The molecule has 0 bridgehead atoms. The molecule has 8 nitrogen and oxygen atoms in total. The molecule has 2 aromatic carbocycles. The van der Waals surface area contributed by atoms with Gasteiger partial charge < -0.3 is 9.42 Å². The fraction of sp³-hybridized carbons (Fsp3) is 0.375. The third-order valence-corrected chi connectivity index (χ3v) is 6.07. The maximum Gasteiger partial charge on any atom is 0.416 e. The highest BCUT2D eigenvalue weighted by Crippen LogP contribution is 2.32. The summed E-state index contributed by atoms with van der Waals surface area (Å²) in [5.41, 5.74) is 0.776. The summed E-state index contributed by atoms with van der Waals surface area (Å²) < 4.78 is 44.4. The minimum atomic E-state index is -4.34. The SMILES string of the molecule is CN(CCN1CCN(c2cccc(C(F)(F)F)c2)CC1)Cc1cc(-c2ccccc2[N+](=O)[O-])no1. The predicted molar refractivity (Wildman–Crippen MR) is 125 cm³/mol. The fourth-order valence-corrected chi connectivity index (χ4v) is 4.13. The van der Waals surface area contributed by atoms with E-state index in [1.165, 1.54) is 18.2 Å². The van der Waals surface area contributed by atoms with Crippen molar-refractivity contribution in [3.63, 3.8) is 0 Å². The highest BCUT2D eigenvalue weighted by atomic mass is 19.4. The van der Waals surface area contributed by atoms with E-state index in [1.807, 2.05) is 11.9 Å². The topological polar surface area (TPSA) is 78.9 Å². The number of rotatable bonds is 8. The zero-order valence-corrected chi connectivity index (χ0v) is 19.2. The van der Waals surface area contributed by atoms with Gasteiger partial charge in [0.25, 0.3) is 5.69 Å². The first-order valence-corrected chi connectivity index (χ1v) is 11.2. The van der Waals surface area contributed by atoms with Gasteiger partial charge in [0, 0.05) is 57.1 Å². The van der Waals surface area contributed by atoms with Crippen LogP contribution in [0.25, 0.3) is 11.3 Å². The van der Waals surface area contributed by atoms with Crippen LogP contribution in [0, 0.1) is 10.1 Å². The molecule has 0 saturated carbocycles. The average Bonchev–Trinajstić information content (AvgIpc) is 3.31. The first kappa shape index (κ1) is 24.7. The number of hydrogen-bond acceptors (Lipinski definition) is 7. The highest BCUT2D eigenvalue weighted by molar-refractivity contribution is 5.70. The second kappa shape index (κ2) is 10.4. The monoisotopic (exact) mass is 489 g/mol. The summed E-state index contributed by atoms with van der Waals surface area (Å²) >= 11 is 0. The molecule has 0 N–H and O–H groups in total. The maximum absolute atomic E-state index is 13.0. The van der Waals surface area contributed by atoms with Crippen molar-refractivity contribution >= 4 is 11.4 Å². The zero-order valence-electron chi connectivity index (χ0n) is 19.2. The minimum Gasteiger partial charge on any atom is -0.369 e. The normalized spacial score (nSPS) is 15.1. The van der Waals surface area contributed by atoms with Crippen LogP contribution in [0.1, 0.15) is 11.3 Å². The zero-order chi connectivity index (χ0) is 25.0. The number of alkyl halides is 3. The van der Waals surface area contributed by atoms with Crippen LogP contribution in [-0.4, -0.2) is 66.2 Å². The molecule has 186 valence electrons. The molecule has 0 spiro atoms. The van der Waals surface area contributed by atoms with Gasteiger partial charge in [-0.25, -0.2) is 0 Å². The van der Waals surface area contributed by atoms with E-state index < -0.39 is 16.7 Å². The van der Waals surface area contributed by atoms with E-state index >= 15 is 0 Å². The Morgan fingerprint density at radius 3 is 2.54 bits per heavy atom. The van der Waals surface area contributed by atoms with Crippen molar-refractivity contribution < 1.29 is 22.6 Å². The number of hydrogen-bond donors (Lipinski definition) is 0. The molecular formula is C24H26F3N5O3. The summed E-state index contributed by atoms with van der Waals surface area (Å²) in [4.78, 5) is 17.1. The van der Waals surface area contributed by atoms with Gasteiger partial charge in [-0.05, 0) is 31.3 Å². The Morgan fingerprint density at radius 2 is 1.83 bits per heavy atom. The van der Waals surface area contributed by atoms with Gasteiger partial charge >= 0.3 is 6.18 Å². The number of para-hydroxylation sites is 1. The van der Waals surface area contributed by atoms with E-state index in [0.717, 1.165) is 32.2 Å². The van der Waals surface area contributed by atoms with E-state index in [2.05, 4.69) is 15.0 Å². The minimum absolute atomic E-state index is 0.0232. The van der Waals surface area contributed by atoms with Crippen LogP contribution in [0.5, 0.6) is 0 Å². The second-order valence-corrected chi connectivity index (χ2v) is 8.57. The molecule has 0 atom stereocenters. The molecule has 2 heterocycles. The molecule has 4 rings (SSSR count). The third-order valence-electron chi connectivity index (χ3n) is 6.07. The van der Waals surface area contributed by atoms with Gasteiger partial charge in [-0.3, -0.25) is 19.9 Å². The van der Waals surface area contributed by atoms with Gasteiger partial charge in [0.2, 0.25) is 0 Å². The molecule has 0 aliphatic carbocycles. The smallest absolute Gasteiger partial charge is 0.369 e. The summed E-state index contributed by atoms with van der Waals surface area (Å²) in [6.07, 6.45) is -4.34. The van der Waals surface area contributed by atoms with Gasteiger partial charge in [0.1, 0.15) is 5.69 Å². The Hall–Kier alpha value is -3.44. The van der Waals surface area contributed by atoms with Crippen LogP contribution >= 0.6 is 0 Å². The molecule has 11 heteroatoms. The molecule has 35 heavy (non-hydrogen) atoms. The number of piperazine rings is 1. The van der Waals surface area contributed by atoms with Gasteiger partial charge in [0.05, 0.1) is 22.6 Å². The summed E-state index contributed by atoms with van der Waals surface area (Å²) in [5.74, 6) is 0.606.